The molecule has 0 spiro atoms. The summed E-state index contributed by atoms with van der Waals surface area (Å²) in [5, 5.41) is 4.54. The van der Waals surface area contributed by atoms with E-state index in [-0.39, 0.29) is 11.8 Å². The Morgan fingerprint density at radius 2 is 2.05 bits per heavy atom. The van der Waals surface area contributed by atoms with Crippen LogP contribution in [0.4, 0.5) is 0 Å². The van der Waals surface area contributed by atoms with Crippen molar-refractivity contribution in [2.75, 3.05) is 0 Å². The molecule has 0 bridgehead atoms. The Kier molecular flexibility index (Phi) is 7.09. The van der Waals surface area contributed by atoms with Gasteiger partial charge in [-0.2, -0.15) is 5.10 Å². The standard InChI is InChI=1S/C15H21ClN2O2/c1-4-5-14(15(19)18-17-10-11(2)3)20-13-8-6-12(16)7-9-13/h6-11,14H,4-5H2,1-3H3,(H,18,19). The Morgan fingerprint density at radius 3 is 2.60 bits per heavy atom. The fraction of sp³-hybridized carbons (Fsp3) is 0.467. The number of carbonyl (C=O) groups is 1. The van der Waals surface area contributed by atoms with Gasteiger partial charge in [-0.3, -0.25) is 4.79 Å². The molecule has 4 nitrogen and oxygen atoms in total. The van der Waals surface area contributed by atoms with Crippen molar-refractivity contribution in [1.82, 2.24) is 5.43 Å². The van der Waals surface area contributed by atoms with Gasteiger partial charge in [0.2, 0.25) is 0 Å². The number of benzene rings is 1. The van der Waals surface area contributed by atoms with E-state index in [0.29, 0.717) is 17.2 Å². The van der Waals surface area contributed by atoms with Gasteiger partial charge in [0, 0.05) is 11.2 Å². The quantitative estimate of drug-likeness (QED) is 0.617. The van der Waals surface area contributed by atoms with Gasteiger partial charge in [0.05, 0.1) is 0 Å². The summed E-state index contributed by atoms with van der Waals surface area (Å²) < 4.78 is 5.68. The van der Waals surface area contributed by atoms with Crippen molar-refractivity contribution in [1.29, 1.82) is 0 Å². The Hall–Kier alpha value is -1.55. The summed E-state index contributed by atoms with van der Waals surface area (Å²) in [7, 11) is 0. The number of nitrogens with zero attached hydrogens (tertiary/aromatic N) is 1. The number of nitrogens with one attached hydrogen (secondary N) is 1. The predicted molar refractivity (Wildman–Crippen MR) is 82.2 cm³/mol. The number of hydrogen-bond acceptors (Lipinski definition) is 3. The minimum absolute atomic E-state index is 0.237. The first-order valence-corrected chi connectivity index (χ1v) is 7.16. The van der Waals surface area contributed by atoms with E-state index in [2.05, 4.69) is 10.5 Å². The molecule has 0 aromatic heterocycles. The molecule has 0 aliphatic rings. The molecular weight excluding hydrogens is 276 g/mol. The summed E-state index contributed by atoms with van der Waals surface area (Å²) in [6.45, 7) is 5.98. The fourth-order valence-corrected chi connectivity index (χ4v) is 1.63. The molecule has 1 aromatic carbocycles. The van der Waals surface area contributed by atoms with E-state index >= 15 is 0 Å². The first kappa shape index (κ1) is 16.5. The molecule has 1 amide bonds. The van der Waals surface area contributed by atoms with Crippen molar-refractivity contribution in [3.05, 3.63) is 29.3 Å². The molecule has 1 rings (SSSR count). The fourth-order valence-electron chi connectivity index (χ4n) is 1.51. The summed E-state index contributed by atoms with van der Waals surface area (Å²) in [6, 6.07) is 6.95. The Balaban J connectivity index is 2.63. The van der Waals surface area contributed by atoms with Crippen molar-refractivity contribution in [3.63, 3.8) is 0 Å². The van der Waals surface area contributed by atoms with Crippen LogP contribution in [0, 0.1) is 5.92 Å². The second-order valence-electron chi connectivity index (χ2n) is 4.85. The van der Waals surface area contributed by atoms with Crippen LogP contribution in [-0.2, 0) is 4.79 Å². The van der Waals surface area contributed by atoms with Crippen LogP contribution in [0.3, 0.4) is 0 Å². The molecule has 0 aliphatic carbocycles. The summed E-state index contributed by atoms with van der Waals surface area (Å²) in [5.41, 5.74) is 2.51. The monoisotopic (exact) mass is 296 g/mol. The molecule has 0 saturated carbocycles. The number of halogens is 1. The maximum absolute atomic E-state index is 12.0. The van der Waals surface area contributed by atoms with Gasteiger partial charge < -0.3 is 4.74 Å². The second-order valence-corrected chi connectivity index (χ2v) is 5.28. The Bertz CT molecular complexity index is 444. The van der Waals surface area contributed by atoms with Crippen LogP contribution in [0.5, 0.6) is 5.75 Å². The minimum atomic E-state index is -0.550. The molecule has 1 N–H and O–H groups in total. The van der Waals surface area contributed by atoms with Crippen LogP contribution >= 0.6 is 11.6 Å². The summed E-state index contributed by atoms with van der Waals surface area (Å²) in [5.74, 6) is 0.673. The third-order valence-electron chi connectivity index (χ3n) is 2.48. The van der Waals surface area contributed by atoms with Crippen LogP contribution < -0.4 is 10.2 Å². The topological polar surface area (TPSA) is 50.7 Å². The van der Waals surface area contributed by atoms with E-state index < -0.39 is 6.10 Å². The summed E-state index contributed by atoms with van der Waals surface area (Å²) >= 11 is 5.82. The number of amides is 1. The first-order valence-electron chi connectivity index (χ1n) is 6.78. The third-order valence-corrected chi connectivity index (χ3v) is 2.73. The van der Waals surface area contributed by atoms with Crippen molar-refractivity contribution < 1.29 is 9.53 Å². The second kappa shape index (κ2) is 8.59. The molecular formula is C15H21ClN2O2. The summed E-state index contributed by atoms with van der Waals surface area (Å²) in [6.07, 6.45) is 2.61. The zero-order chi connectivity index (χ0) is 15.0. The lowest BCUT2D eigenvalue weighted by Gasteiger charge is -2.16. The molecule has 20 heavy (non-hydrogen) atoms. The molecule has 110 valence electrons. The van der Waals surface area contributed by atoms with Crippen molar-refractivity contribution in [3.8, 4) is 5.75 Å². The van der Waals surface area contributed by atoms with E-state index in [1.807, 2.05) is 20.8 Å². The summed E-state index contributed by atoms with van der Waals surface area (Å²) in [4.78, 5) is 12.0. The van der Waals surface area contributed by atoms with E-state index in [4.69, 9.17) is 16.3 Å². The maximum Gasteiger partial charge on any atom is 0.281 e. The van der Waals surface area contributed by atoms with Crippen LogP contribution in [0.25, 0.3) is 0 Å². The van der Waals surface area contributed by atoms with Crippen LogP contribution in [0.2, 0.25) is 5.02 Å². The van der Waals surface area contributed by atoms with Gasteiger partial charge in [0.1, 0.15) is 5.75 Å². The molecule has 5 heteroatoms. The van der Waals surface area contributed by atoms with Gasteiger partial charge >= 0.3 is 0 Å². The van der Waals surface area contributed by atoms with Crippen LogP contribution in [0.15, 0.2) is 29.4 Å². The van der Waals surface area contributed by atoms with E-state index in [1.165, 1.54) is 0 Å². The van der Waals surface area contributed by atoms with E-state index in [9.17, 15) is 4.79 Å². The molecule has 1 unspecified atom stereocenters. The normalized spacial score (nSPS) is 12.7. The highest BCUT2D eigenvalue weighted by atomic mass is 35.5. The van der Waals surface area contributed by atoms with Gasteiger partial charge in [0.25, 0.3) is 5.91 Å². The van der Waals surface area contributed by atoms with Gasteiger partial charge in [-0.25, -0.2) is 5.43 Å². The van der Waals surface area contributed by atoms with Crippen LogP contribution in [0.1, 0.15) is 33.6 Å². The van der Waals surface area contributed by atoms with Gasteiger partial charge in [0.15, 0.2) is 6.10 Å². The molecule has 0 radical (unpaired) electrons. The lowest BCUT2D eigenvalue weighted by atomic mass is 10.2. The molecule has 0 saturated heterocycles. The zero-order valence-electron chi connectivity index (χ0n) is 12.1. The molecule has 0 aliphatic heterocycles. The number of rotatable bonds is 7. The Morgan fingerprint density at radius 1 is 1.40 bits per heavy atom. The first-order chi connectivity index (χ1) is 9.52. The van der Waals surface area contributed by atoms with Crippen molar-refractivity contribution >= 4 is 23.7 Å². The van der Waals surface area contributed by atoms with Gasteiger partial charge in [-0.1, -0.05) is 38.8 Å². The van der Waals surface area contributed by atoms with Gasteiger partial charge in [-0.15, -0.1) is 0 Å². The average molecular weight is 297 g/mol. The molecule has 0 fully saturated rings. The molecule has 1 aromatic rings. The smallest absolute Gasteiger partial charge is 0.281 e. The molecule has 1 atom stereocenters. The van der Waals surface area contributed by atoms with Gasteiger partial charge in [-0.05, 0) is 36.6 Å². The highest BCUT2D eigenvalue weighted by Crippen LogP contribution is 2.18. The highest BCUT2D eigenvalue weighted by molar-refractivity contribution is 6.30. The number of carbonyl (C=O) groups excluding carboxylic acids is 1. The van der Waals surface area contributed by atoms with Crippen molar-refractivity contribution in [2.24, 2.45) is 11.0 Å². The lowest BCUT2D eigenvalue weighted by Crippen LogP contribution is -2.35. The molecule has 0 heterocycles. The number of ether oxygens (including phenoxy) is 1. The van der Waals surface area contributed by atoms with E-state index in [0.717, 1.165) is 6.42 Å². The third kappa shape index (κ3) is 6.06. The van der Waals surface area contributed by atoms with Crippen LogP contribution in [-0.4, -0.2) is 18.2 Å². The average Bonchev–Trinajstić information content (AvgIpc) is 2.40. The SMILES string of the molecule is CCCC(Oc1ccc(Cl)cc1)C(=O)NN=CC(C)C. The maximum atomic E-state index is 12.0. The zero-order valence-corrected chi connectivity index (χ0v) is 12.9. The highest BCUT2D eigenvalue weighted by Gasteiger charge is 2.19. The van der Waals surface area contributed by atoms with E-state index in [1.54, 1.807) is 30.5 Å². The number of hydrogen-bond donors (Lipinski definition) is 1. The number of hydrazone groups is 1. The van der Waals surface area contributed by atoms with Crippen molar-refractivity contribution in [2.45, 2.75) is 39.7 Å². The minimum Gasteiger partial charge on any atom is -0.481 e. The predicted octanol–water partition coefficient (Wildman–Crippen LogP) is 3.65. The Labute approximate surface area is 125 Å². The largest absolute Gasteiger partial charge is 0.481 e. The lowest BCUT2D eigenvalue weighted by molar-refractivity contribution is -0.128.